The van der Waals surface area contributed by atoms with Crippen LogP contribution in [0.25, 0.3) is 22.5 Å². The van der Waals surface area contributed by atoms with Gasteiger partial charge < -0.3 is 0 Å². The molecule has 0 bridgehead atoms. The number of nitrogens with zero attached hydrogens (tertiary/aromatic N) is 5. The largest absolute Gasteiger partial charge is 0.265 e. The lowest BCUT2D eigenvalue weighted by Crippen LogP contribution is -2.10. The number of nitrogens with one attached hydrogen (secondary N) is 1. The number of pyridine rings is 2. The predicted octanol–water partition coefficient (Wildman–Crippen LogP) is 4.25. The van der Waals surface area contributed by atoms with E-state index in [1.54, 1.807) is 0 Å². The molecule has 5 rings (SSSR count). The van der Waals surface area contributed by atoms with E-state index in [9.17, 15) is 0 Å². The van der Waals surface area contributed by atoms with Gasteiger partial charge in [-0.3, -0.25) is 9.97 Å². The maximum Gasteiger partial charge on any atom is 0.207 e. The molecule has 27 heavy (non-hydrogen) atoms. The molecule has 1 saturated carbocycles. The van der Waals surface area contributed by atoms with Gasteiger partial charge in [0.25, 0.3) is 0 Å². The number of hydrogen-bond donors (Lipinski definition) is 1. The van der Waals surface area contributed by atoms with Gasteiger partial charge in [0.15, 0.2) is 0 Å². The lowest BCUT2D eigenvalue weighted by atomic mass is 9.86. The van der Waals surface area contributed by atoms with Gasteiger partial charge in [-0.05, 0) is 72.6 Å². The summed E-state index contributed by atoms with van der Waals surface area (Å²) >= 11 is 0. The van der Waals surface area contributed by atoms with E-state index in [1.807, 2.05) is 12.4 Å². The molecule has 0 atom stereocenters. The number of aryl methyl sites for hydroxylation is 1. The molecule has 2 aliphatic rings. The summed E-state index contributed by atoms with van der Waals surface area (Å²) < 4.78 is 0. The fourth-order valence-corrected chi connectivity index (χ4v) is 4.76. The van der Waals surface area contributed by atoms with Crippen LogP contribution in [0.2, 0.25) is 0 Å². The molecule has 0 spiro atoms. The van der Waals surface area contributed by atoms with Crippen molar-refractivity contribution >= 4 is 0 Å². The zero-order chi connectivity index (χ0) is 18.1. The second-order valence-corrected chi connectivity index (χ2v) is 7.69. The first-order valence-corrected chi connectivity index (χ1v) is 10.1. The molecule has 2 aliphatic carbocycles. The number of rotatable bonds is 3. The van der Waals surface area contributed by atoms with Gasteiger partial charge >= 0.3 is 0 Å². The van der Waals surface area contributed by atoms with Crippen LogP contribution in [-0.2, 0) is 12.8 Å². The first-order chi connectivity index (χ1) is 13.4. The molecule has 0 amide bonds. The average molecular weight is 360 g/mol. The summed E-state index contributed by atoms with van der Waals surface area (Å²) in [4.78, 5) is 9.49. The quantitative estimate of drug-likeness (QED) is 0.706. The first kappa shape index (κ1) is 16.5. The van der Waals surface area contributed by atoms with Gasteiger partial charge in [0, 0.05) is 24.0 Å². The van der Waals surface area contributed by atoms with E-state index in [0.717, 1.165) is 18.4 Å². The summed E-state index contributed by atoms with van der Waals surface area (Å²) in [7, 11) is 0. The van der Waals surface area contributed by atoms with Crippen molar-refractivity contribution in [3.8, 4) is 22.5 Å². The zero-order valence-electron chi connectivity index (χ0n) is 15.5. The second kappa shape index (κ2) is 7.18. The van der Waals surface area contributed by atoms with Gasteiger partial charge in [-0.1, -0.05) is 19.3 Å². The Morgan fingerprint density at radius 2 is 1.70 bits per heavy atom. The van der Waals surface area contributed by atoms with E-state index in [1.165, 1.54) is 73.0 Å². The van der Waals surface area contributed by atoms with Crippen molar-refractivity contribution in [1.29, 1.82) is 0 Å². The maximum atomic E-state index is 5.26. The van der Waals surface area contributed by atoms with Gasteiger partial charge in [0.05, 0.1) is 11.3 Å². The van der Waals surface area contributed by atoms with Crippen LogP contribution in [0.4, 0.5) is 0 Å². The Kier molecular flexibility index (Phi) is 4.40. The van der Waals surface area contributed by atoms with Crippen molar-refractivity contribution in [1.82, 2.24) is 30.6 Å². The number of fused-ring (bicyclic) bond motifs is 1. The van der Waals surface area contributed by atoms with E-state index in [4.69, 9.17) is 4.98 Å². The molecule has 0 unspecified atom stereocenters. The lowest BCUT2D eigenvalue weighted by Gasteiger charge is -2.22. The third kappa shape index (κ3) is 3.03. The molecule has 1 fully saturated rings. The Labute approximate surface area is 158 Å². The highest BCUT2D eigenvalue weighted by molar-refractivity contribution is 5.85. The van der Waals surface area contributed by atoms with E-state index in [2.05, 4.69) is 37.7 Å². The van der Waals surface area contributed by atoms with Crippen LogP contribution in [0.3, 0.4) is 0 Å². The third-order valence-corrected chi connectivity index (χ3v) is 6.03. The summed E-state index contributed by atoms with van der Waals surface area (Å²) in [5, 5.41) is 15.3. The van der Waals surface area contributed by atoms with Crippen molar-refractivity contribution in [2.24, 2.45) is 0 Å². The van der Waals surface area contributed by atoms with Crippen LogP contribution in [0.15, 0.2) is 24.5 Å². The molecule has 1 N–H and O–H groups in total. The number of H-pyrrole nitrogens is 1. The van der Waals surface area contributed by atoms with Crippen LogP contribution >= 0.6 is 0 Å². The van der Waals surface area contributed by atoms with Crippen molar-refractivity contribution < 1.29 is 0 Å². The molecule has 6 nitrogen and oxygen atoms in total. The molecule has 0 aliphatic heterocycles. The van der Waals surface area contributed by atoms with Crippen LogP contribution in [-0.4, -0.2) is 30.6 Å². The van der Waals surface area contributed by atoms with Crippen LogP contribution in [0.1, 0.15) is 67.8 Å². The Hall–Kier alpha value is -2.63. The van der Waals surface area contributed by atoms with Crippen molar-refractivity contribution in [2.75, 3.05) is 0 Å². The average Bonchev–Trinajstić information content (AvgIpc) is 3.38. The van der Waals surface area contributed by atoms with Crippen LogP contribution in [0, 0.1) is 0 Å². The fraction of sp³-hybridized carbons (Fsp3) is 0.476. The predicted molar refractivity (Wildman–Crippen MR) is 103 cm³/mol. The van der Waals surface area contributed by atoms with Gasteiger partial charge in [-0.2, -0.15) is 5.21 Å². The van der Waals surface area contributed by atoms with Crippen molar-refractivity contribution in [2.45, 2.75) is 63.7 Å². The number of hydrogen-bond acceptors (Lipinski definition) is 5. The molecule has 3 aromatic heterocycles. The van der Waals surface area contributed by atoms with E-state index >= 15 is 0 Å². The van der Waals surface area contributed by atoms with Crippen LogP contribution < -0.4 is 0 Å². The summed E-state index contributed by atoms with van der Waals surface area (Å²) in [5.41, 5.74) is 7.37. The Morgan fingerprint density at radius 1 is 0.889 bits per heavy atom. The molecular weight excluding hydrogens is 336 g/mol. The Morgan fingerprint density at radius 3 is 2.48 bits per heavy atom. The Bertz CT molecular complexity index is 914. The molecule has 0 radical (unpaired) electrons. The first-order valence-electron chi connectivity index (χ1n) is 10.1. The summed E-state index contributed by atoms with van der Waals surface area (Å²) in [6, 6.07) is 4.20. The minimum Gasteiger partial charge on any atom is -0.265 e. The van der Waals surface area contributed by atoms with Gasteiger partial charge in [0.2, 0.25) is 5.82 Å². The van der Waals surface area contributed by atoms with Crippen molar-refractivity contribution in [3.05, 3.63) is 41.5 Å². The molecule has 6 heteroatoms. The minimum absolute atomic E-state index is 0.493. The number of aromatic amines is 1. The standard InChI is InChI=1S/C21H24N6/c1-2-8-16-17(9-3-1)23-20(15-6-4-5-7-15)19(21-24-26-27-25-21)18(16)14-10-12-22-13-11-14/h10-13,15H,1-9H2,(H,24,25,26,27). The van der Waals surface area contributed by atoms with Gasteiger partial charge in [0.1, 0.15) is 0 Å². The molecule has 0 aromatic carbocycles. The molecule has 138 valence electrons. The monoisotopic (exact) mass is 360 g/mol. The van der Waals surface area contributed by atoms with Gasteiger partial charge in [-0.25, -0.2) is 0 Å². The topological polar surface area (TPSA) is 80.2 Å². The summed E-state index contributed by atoms with van der Waals surface area (Å²) in [5.74, 6) is 1.16. The summed E-state index contributed by atoms with van der Waals surface area (Å²) in [6.45, 7) is 0. The second-order valence-electron chi connectivity index (χ2n) is 7.69. The number of tetrazole rings is 1. The maximum absolute atomic E-state index is 5.26. The van der Waals surface area contributed by atoms with Crippen LogP contribution in [0.5, 0.6) is 0 Å². The third-order valence-electron chi connectivity index (χ3n) is 6.03. The SMILES string of the molecule is c1cc(-c2c3c(nc(C4CCCC4)c2-c2nn[nH]n2)CCCCC3)ccn1. The van der Waals surface area contributed by atoms with E-state index in [0.29, 0.717) is 11.7 Å². The van der Waals surface area contributed by atoms with E-state index < -0.39 is 0 Å². The lowest BCUT2D eigenvalue weighted by molar-refractivity contribution is 0.684. The highest BCUT2D eigenvalue weighted by Crippen LogP contribution is 2.44. The number of aromatic nitrogens is 6. The zero-order valence-corrected chi connectivity index (χ0v) is 15.5. The fourth-order valence-electron chi connectivity index (χ4n) is 4.76. The smallest absolute Gasteiger partial charge is 0.207 e. The highest BCUT2D eigenvalue weighted by atomic mass is 15.5. The summed E-state index contributed by atoms with van der Waals surface area (Å²) in [6.07, 6.45) is 14.5. The van der Waals surface area contributed by atoms with Gasteiger partial charge in [-0.15, -0.1) is 10.2 Å². The van der Waals surface area contributed by atoms with E-state index in [-0.39, 0.29) is 0 Å². The molecule has 0 saturated heterocycles. The minimum atomic E-state index is 0.493. The highest BCUT2D eigenvalue weighted by Gasteiger charge is 2.30. The molecular formula is C21H24N6. The normalized spacial score (nSPS) is 17.6. The van der Waals surface area contributed by atoms with Crippen molar-refractivity contribution in [3.63, 3.8) is 0 Å². The molecule has 3 aromatic rings. The molecule has 3 heterocycles. The Balaban J connectivity index is 1.83.